The van der Waals surface area contributed by atoms with Crippen molar-refractivity contribution in [3.8, 4) is 0 Å². The van der Waals surface area contributed by atoms with Gasteiger partial charge in [0, 0.05) is 31.5 Å². The molecule has 0 bridgehead atoms. The zero-order valence-corrected chi connectivity index (χ0v) is 12.6. The van der Waals surface area contributed by atoms with Crippen LogP contribution in [0.4, 0.5) is 0 Å². The highest BCUT2D eigenvalue weighted by Crippen LogP contribution is 2.38. The molecule has 112 valence electrons. The molecule has 3 heteroatoms. The first-order valence-corrected chi connectivity index (χ1v) is 8.62. The first kappa shape index (κ1) is 14.1. The van der Waals surface area contributed by atoms with Gasteiger partial charge in [-0.25, -0.2) is 4.98 Å². The van der Waals surface area contributed by atoms with Crippen molar-refractivity contribution in [2.24, 2.45) is 11.8 Å². The fourth-order valence-electron chi connectivity index (χ4n) is 4.34. The van der Waals surface area contributed by atoms with Crippen LogP contribution in [0.3, 0.4) is 0 Å². The monoisotopic (exact) mass is 275 g/mol. The summed E-state index contributed by atoms with van der Waals surface area (Å²) in [5.74, 6) is 1.96. The molecule has 1 heterocycles. The molecule has 0 aliphatic heterocycles. The Kier molecular flexibility index (Phi) is 5.12. The molecule has 2 unspecified atom stereocenters. The maximum atomic E-state index is 4.11. The molecule has 2 aliphatic rings. The summed E-state index contributed by atoms with van der Waals surface area (Å²) < 4.78 is 2.17. The number of hydrogen-bond donors (Lipinski definition) is 1. The Morgan fingerprint density at radius 3 is 2.60 bits per heavy atom. The molecule has 0 aromatic carbocycles. The Balaban J connectivity index is 1.49. The number of imidazole rings is 1. The molecule has 3 nitrogen and oxygen atoms in total. The number of aromatic nitrogens is 2. The summed E-state index contributed by atoms with van der Waals surface area (Å²) in [6.07, 6.45) is 19.0. The summed E-state index contributed by atoms with van der Waals surface area (Å²) in [4.78, 5) is 4.11. The van der Waals surface area contributed by atoms with Gasteiger partial charge in [0.15, 0.2) is 0 Å². The van der Waals surface area contributed by atoms with Crippen molar-refractivity contribution in [2.45, 2.75) is 70.4 Å². The summed E-state index contributed by atoms with van der Waals surface area (Å²) in [6.45, 7) is 2.14. The highest BCUT2D eigenvalue weighted by atomic mass is 15.0. The summed E-state index contributed by atoms with van der Waals surface area (Å²) in [7, 11) is 0. The van der Waals surface area contributed by atoms with Crippen LogP contribution in [0.15, 0.2) is 18.7 Å². The second-order valence-electron chi connectivity index (χ2n) is 6.71. The van der Waals surface area contributed by atoms with Gasteiger partial charge in [-0.1, -0.05) is 44.9 Å². The maximum absolute atomic E-state index is 4.11. The molecule has 20 heavy (non-hydrogen) atoms. The highest BCUT2D eigenvalue weighted by molar-refractivity contribution is 4.87. The van der Waals surface area contributed by atoms with Crippen molar-refractivity contribution in [1.82, 2.24) is 14.9 Å². The van der Waals surface area contributed by atoms with Gasteiger partial charge in [-0.15, -0.1) is 0 Å². The minimum Gasteiger partial charge on any atom is -0.336 e. The molecule has 0 radical (unpaired) electrons. The van der Waals surface area contributed by atoms with E-state index in [-0.39, 0.29) is 0 Å². The zero-order chi connectivity index (χ0) is 13.6. The van der Waals surface area contributed by atoms with Gasteiger partial charge in [0.05, 0.1) is 6.33 Å². The Labute approximate surface area is 123 Å². The van der Waals surface area contributed by atoms with E-state index < -0.39 is 0 Å². The quantitative estimate of drug-likeness (QED) is 0.889. The van der Waals surface area contributed by atoms with Crippen molar-refractivity contribution >= 4 is 0 Å². The van der Waals surface area contributed by atoms with Gasteiger partial charge in [-0.3, -0.25) is 0 Å². The van der Waals surface area contributed by atoms with E-state index in [1.165, 1.54) is 57.8 Å². The Bertz CT molecular complexity index is 368. The van der Waals surface area contributed by atoms with E-state index in [4.69, 9.17) is 0 Å². The highest BCUT2D eigenvalue weighted by Gasteiger charge is 2.31. The van der Waals surface area contributed by atoms with Gasteiger partial charge in [0.2, 0.25) is 0 Å². The average molecular weight is 275 g/mol. The normalized spacial score (nSPS) is 28.6. The summed E-state index contributed by atoms with van der Waals surface area (Å²) in [5.41, 5.74) is 0. The van der Waals surface area contributed by atoms with Crippen LogP contribution < -0.4 is 5.32 Å². The zero-order valence-electron chi connectivity index (χ0n) is 12.6. The van der Waals surface area contributed by atoms with E-state index >= 15 is 0 Å². The predicted octanol–water partition coefficient (Wildman–Crippen LogP) is 3.61. The third kappa shape index (κ3) is 3.63. The fraction of sp³-hybridized carbons (Fsp3) is 0.824. The molecule has 2 fully saturated rings. The topological polar surface area (TPSA) is 29.9 Å². The van der Waals surface area contributed by atoms with E-state index in [2.05, 4.69) is 21.1 Å². The molecule has 2 saturated carbocycles. The molecule has 0 saturated heterocycles. The molecule has 0 spiro atoms. The molecule has 1 N–H and O–H groups in total. The van der Waals surface area contributed by atoms with E-state index in [1.54, 1.807) is 0 Å². The lowest BCUT2D eigenvalue weighted by atomic mass is 9.71. The van der Waals surface area contributed by atoms with Crippen LogP contribution in [0.5, 0.6) is 0 Å². The number of nitrogens with zero attached hydrogens (tertiary/aromatic N) is 2. The van der Waals surface area contributed by atoms with Crippen LogP contribution in [-0.2, 0) is 6.54 Å². The lowest BCUT2D eigenvalue weighted by Crippen LogP contribution is -2.43. The lowest BCUT2D eigenvalue weighted by molar-refractivity contribution is 0.149. The second-order valence-corrected chi connectivity index (χ2v) is 6.71. The third-order valence-corrected chi connectivity index (χ3v) is 5.41. The lowest BCUT2D eigenvalue weighted by Gasteiger charge is -2.39. The van der Waals surface area contributed by atoms with Crippen LogP contribution in [0.1, 0.15) is 57.8 Å². The Morgan fingerprint density at radius 1 is 1.00 bits per heavy atom. The van der Waals surface area contributed by atoms with Crippen LogP contribution in [-0.4, -0.2) is 22.1 Å². The van der Waals surface area contributed by atoms with Gasteiger partial charge in [0.1, 0.15) is 0 Å². The number of rotatable bonds is 5. The number of hydrogen-bond acceptors (Lipinski definition) is 2. The van der Waals surface area contributed by atoms with Crippen molar-refractivity contribution in [1.29, 1.82) is 0 Å². The van der Waals surface area contributed by atoms with E-state index in [0.29, 0.717) is 0 Å². The van der Waals surface area contributed by atoms with Crippen molar-refractivity contribution in [3.05, 3.63) is 18.7 Å². The summed E-state index contributed by atoms with van der Waals surface area (Å²) in [6, 6.07) is 0.773. The van der Waals surface area contributed by atoms with E-state index in [1.807, 2.05) is 12.5 Å². The first-order chi connectivity index (χ1) is 9.93. The third-order valence-electron chi connectivity index (χ3n) is 5.41. The molecule has 3 rings (SSSR count). The minimum atomic E-state index is 0.773. The van der Waals surface area contributed by atoms with E-state index in [9.17, 15) is 0 Å². The van der Waals surface area contributed by atoms with Crippen LogP contribution >= 0.6 is 0 Å². The Morgan fingerprint density at radius 2 is 1.80 bits per heavy atom. The van der Waals surface area contributed by atoms with Gasteiger partial charge in [0.25, 0.3) is 0 Å². The molecule has 2 atom stereocenters. The maximum Gasteiger partial charge on any atom is 0.0946 e. The molecule has 0 amide bonds. The largest absolute Gasteiger partial charge is 0.336 e. The first-order valence-electron chi connectivity index (χ1n) is 8.62. The van der Waals surface area contributed by atoms with Gasteiger partial charge >= 0.3 is 0 Å². The summed E-state index contributed by atoms with van der Waals surface area (Å²) >= 11 is 0. The van der Waals surface area contributed by atoms with Gasteiger partial charge in [-0.2, -0.15) is 0 Å². The average Bonchev–Trinajstić information content (AvgIpc) is 3.02. The van der Waals surface area contributed by atoms with Crippen LogP contribution in [0.2, 0.25) is 0 Å². The Hall–Kier alpha value is -0.830. The smallest absolute Gasteiger partial charge is 0.0946 e. The van der Waals surface area contributed by atoms with Crippen LogP contribution in [0, 0.1) is 11.8 Å². The van der Waals surface area contributed by atoms with Crippen molar-refractivity contribution < 1.29 is 0 Å². The SMILES string of the molecule is c1cn(CCNC2CCCCC2C2CCCCC2)cn1. The molecular weight excluding hydrogens is 246 g/mol. The number of nitrogens with one attached hydrogen (secondary N) is 1. The molecule has 1 aromatic heterocycles. The second kappa shape index (κ2) is 7.26. The van der Waals surface area contributed by atoms with E-state index in [0.717, 1.165) is 31.0 Å². The fourth-order valence-corrected chi connectivity index (χ4v) is 4.34. The minimum absolute atomic E-state index is 0.773. The van der Waals surface area contributed by atoms with Gasteiger partial charge in [-0.05, 0) is 24.7 Å². The molecule has 2 aliphatic carbocycles. The standard InChI is InChI=1S/C17H29N3/c1-2-6-15(7-3-1)16-8-4-5-9-17(16)19-11-13-20-12-10-18-14-20/h10,12,14-17,19H,1-9,11,13H2. The van der Waals surface area contributed by atoms with Crippen molar-refractivity contribution in [2.75, 3.05) is 6.54 Å². The molecular formula is C17H29N3. The van der Waals surface area contributed by atoms with Gasteiger partial charge < -0.3 is 9.88 Å². The van der Waals surface area contributed by atoms with Crippen molar-refractivity contribution in [3.63, 3.8) is 0 Å². The predicted molar refractivity (Wildman–Crippen MR) is 82.6 cm³/mol. The molecule has 1 aromatic rings. The summed E-state index contributed by atoms with van der Waals surface area (Å²) in [5, 5.41) is 3.86. The van der Waals surface area contributed by atoms with Crippen LogP contribution in [0.25, 0.3) is 0 Å².